The standard InChI is InChI=1S/C27H23N/c1-19(2)23-17-16-22-15-14-21-9-4-6-12-25(21)28(27(22)18-23)26-13-7-10-20-8-3-5-11-24(20)26/h3-19H,1-2H3. The molecule has 0 atom stereocenters. The number of hydrogen-bond donors (Lipinski definition) is 0. The molecule has 0 aromatic heterocycles. The Morgan fingerprint density at radius 3 is 2.14 bits per heavy atom. The second kappa shape index (κ2) is 6.69. The maximum atomic E-state index is 2.43. The fourth-order valence-electron chi connectivity index (χ4n) is 4.06. The van der Waals surface area contributed by atoms with Crippen molar-refractivity contribution in [3.63, 3.8) is 0 Å². The summed E-state index contributed by atoms with van der Waals surface area (Å²) in [5, 5.41) is 2.53. The molecule has 0 N–H and O–H groups in total. The number of rotatable bonds is 2. The molecule has 0 amide bonds. The van der Waals surface area contributed by atoms with Crippen LogP contribution < -0.4 is 4.90 Å². The summed E-state index contributed by atoms with van der Waals surface area (Å²) in [6.45, 7) is 4.51. The van der Waals surface area contributed by atoms with Crippen molar-refractivity contribution in [2.45, 2.75) is 19.8 Å². The van der Waals surface area contributed by atoms with Crippen LogP contribution in [-0.2, 0) is 0 Å². The maximum absolute atomic E-state index is 2.43. The summed E-state index contributed by atoms with van der Waals surface area (Å²) < 4.78 is 0. The highest BCUT2D eigenvalue weighted by atomic mass is 15.1. The summed E-state index contributed by atoms with van der Waals surface area (Å²) >= 11 is 0. The van der Waals surface area contributed by atoms with Gasteiger partial charge in [-0.25, -0.2) is 0 Å². The molecule has 0 fully saturated rings. The average molecular weight is 361 g/mol. The molecule has 1 heteroatoms. The molecule has 0 aliphatic carbocycles. The van der Waals surface area contributed by atoms with Crippen LogP contribution in [0.2, 0.25) is 0 Å². The van der Waals surface area contributed by atoms with E-state index in [2.05, 4.69) is 116 Å². The highest BCUT2D eigenvalue weighted by Gasteiger charge is 2.21. The molecule has 5 rings (SSSR count). The minimum atomic E-state index is 0.488. The lowest BCUT2D eigenvalue weighted by Crippen LogP contribution is -2.12. The molecule has 1 aliphatic rings. The van der Waals surface area contributed by atoms with Crippen LogP contribution in [0.25, 0.3) is 22.9 Å². The van der Waals surface area contributed by atoms with E-state index in [4.69, 9.17) is 0 Å². The zero-order chi connectivity index (χ0) is 19.1. The Balaban J connectivity index is 1.85. The Bertz CT molecular complexity index is 1190. The van der Waals surface area contributed by atoms with Gasteiger partial charge in [-0.3, -0.25) is 0 Å². The molecule has 0 saturated carbocycles. The van der Waals surface area contributed by atoms with Crippen molar-refractivity contribution in [2.24, 2.45) is 0 Å². The third-order valence-electron chi connectivity index (χ3n) is 5.59. The summed E-state index contributed by atoms with van der Waals surface area (Å²) in [5.74, 6) is 0.488. The third-order valence-corrected chi connectivity index (χ3v) is 5.59. The van der Waals surface area contributed by atoms with Gasteiger partial charge >= 0.3 is 0 Å². The van der Waals surface area contributed by atoms with E-state index in [1.165, 1.54) is 44.5 Å². The van der Waals surface area contributed by atoms with E-state index in [-0.39, 0.29) is 0 Å². The van der Waals surface area contributed by atoms with E-state index in [0.717, 1.165) is 0 Å². The number of benzene rings is 4. The van der Waals surface area contributed by atoms with Crippen molar-refractivity contribution in [2.75, 3.05) is 4.90 Å². The van der Waals surface area contributed by atoms with Crippen molar-refractivity contribution in [1.82, 2.24) is 0 Å². The lowest BCUT2D eigenvalue weighted by molar-refractivity contribution is 0.866. The molecule has 0 unspecified atom stereocenters. The molecule has 136 valence electrons. The predicted octanol–water partition coefficient (Wildman–Crippen LogP) is 7.92. The largest absolute Gasteiger partial charge is 0.309 e. The first-order chi connectivity index (χ1) is 13.7. The first-order valence-corrected chi connectivity index (χ1v) is 9.91. The van der Waals surface area contributed by atoms with E-state index in [1.54, 1.807) is 0 Å². The highest BCUT2D eigenvalue weighted by molar-refractivity contribution is 6.02. The summed E-state index contributed by atoms with van der Waals surface area (Å²) in [6, 6.07) is 30.7. The molecule has 1 aliphatic heterocycles. The van der Waals surface area contributed by atoms with Crippen LogP contribution in [0.3, 0.4) is 0 Å². The molecule has 4 aromatic carbocycles. The van der Waals surface area contributed by atoms with Crippen molar-refractivity contribution < 1.29 is 0 Å². The topological polar surface area (TPSA) is 3.24 Å². The van der Waals surface area contributed by atoms with Gasteiger partial charge in [0, 0.05) is 5.39 Å². The fraction of sp³-hybridized carbons (Fsp3) is 0.111. The lowest BCUT2D eigenvalue weighted by atomic mass is 9.98. The molecule has 1 heterocycles. The maximum Gasteiger partial charge on any atom is 0.0540 e. The van der Waals surface area contributed by atoms with Gasteiger partial charge in [-0.1, -0.05) is 92.7 Å². The van der Waals surface area contributed by atoms with Crippen molar-refractivity contribution in [3.05, 3.63) is 102 Å². The smallest absolute Gasteiger partial charge is 0.0540 e. The fourth-order valence-corrected chi connectivity index (χ4v) is 4.06. The van der Waals surface area contributed by atoms with Crippen molar-refractivity contribution in [1.29, 1.82) is 0 Å². The van der Waals surface area contributed by atoms with E-state index in [1.807, 2.05) is 0 Å². The zero-order valence-corrected chi connectivity index (χ0v) is 16.3. The number of para-hydroxylation sites is 1. The van der Waals surface area contributed by atoms with Gasteiger partial charge in [0.05, 0.1) is 17.1 Å². The summed E-state index contributed by atoms with van der Waals surface area (Å²) in [5.41, 5.74) is 7.51. The minimum absolute atomic E-state index is 0.488. The summed E-state index contributed by atoms with van der Waals surface area (Å²) in [6.07, 6.45) is 4.47. The zero-order valence-electron chi connectivity index (χ0n) is 16.3. The monoisotopic (exact) mass is 361 g/mol. The second-order valence-corrected chi connectivity index (χ2v) is 7.70. The first-order valence-electron chi connectivity index (χ1n) is 9.91. The minimum Gasteiger partial charge on any atom is -0.309 e. The predicted molar refractivity (Wildman–Crippen MR) is 122 cm³/mol. The SMILES string of the molecule is CC(C)c1ccc2c(c1)N(c1cccc3ccccc13)c1ccccc1C=C2. The van der Waals surface area contributed by atoms with Crippen LogP contribution in [0.4, 0.5) is 17.1 Å². The van der Waals surface area contributed by atoms with Crippen LogP contribution in [0.5, 0.6) is 0 Å². The van der Waals surface area contributed by atoms with E-state index in [9.17, 15) is 0 Å². The number of anilines is 3. The normalized spacial score (nSPS) is 12.8. The van der Waals surface area contributed by atoms with Crippen molar-refractivity contribution >= 4 is 40.0 Å². The molecule has 1 nitrogen and oxygen atoms in total. The average Bonchev–Trinajstić information content (AvgIpc) is 2.89. The Morgan fingerprint density at radius 1 is 0.607 bits per heavy atom. The molecule has 0 radical (unpaired) electrons. The Hall–Kier alpha value is -3.32. The third kappa shape index (κ3) is 2.71. The van der Waals surface area contributed by atoms with Crippen LogP contribution in [-0.4, -0.2) is 0 Å². The van der Waals surface area contributed by atoms with E-state index >= 15 is 0 Å². The van der Waals surface area contributed by atoms with E-state index < -0.39 is 0 Å². The Kier molecular flexibility index (Phi) is 4.02. The molecule has 0 spiro atoms. The summed E-state index contributed by atoms with van der Waals surface area (Å²) in [4.78, 5) is 2.43. The second-order valence-electron chi connectivity index (χ2n) is 7.70. The van der Waals surface area contributed by atoms with Gasteiger partial charge in [-0.05, 0) is 46.2 Å². The number of nitrogens with zero attached hydrogens (tertiary/aromatic N) is 1. The van der Waals surface area contributed by atoms with Gasteiger partial charge < -0.3 is 4.90 Å². The van der Waals surface area contributed by atoms with Crippen LogP contribution >= 0.6 is 0 Å². The molecule has 4 aromatic rings. The van der Waals surface area contributed by atoms with Crippen LogP contribution in [0.1, 0.15) is 36.5 Å². The van der Waals surface area contributed by atoms with Gasteiger partial charge in [-0.15, -0.1) is 0 Å². The Labute approximate surface area is 166 Å². The molecular formula is C27H23N. The van der Waals surface area contributed by atoms with Gasteiger partial charge in [-0.2, -0.15) is 0 Å². The lowest BCUT2D eigenvalue weighted by Gasteiger charge is -2.29. The molecule has 0 bridgehead atoms. The number of fused-ring (bicyclic) bond motifs is 3. The van der Waals surface area contributed by atoms with Crippen molar-refractivity contribution in [3.8, 4) is 0 Å². The molecular weight excluding hydrogens is 338 g/mol. The van der Waals surface area contributed by atoms with Gasteiger partial charge in [0.25, 0.3) is 0 Å². The van der Waals surface area contributed by atoms with Crippen LogP contribution in [0.15, 0.2) is 84.9 Å². The quantitative estimate of drug-likeness (QED) is 0.309. The van der Waals surface area contributed by atoms with Gasteiger partial charge in [0.2, 0.25) is 0 Å². The molecule has 28 heavy (non-hydrogen) atoms. The van der Waals surface area contributed by atoms with Gasteiger partial charge in [0.1, 0.15) is 0 Å². The van der Waals surface area contributed by atoms with Crippen LogP contribution in [0, 0.1) is 0 Å². The number of hydrogen-bond acceptors (Lipinski definition) is 1. The van der Waals surface area contributed by atoms with E-state index in [0.29, 0.717) is 5.92 Å². The summed E-state index contributed by atoms with van der Waals surface area (Å²) in [7, 11) is 0. The first kappa shape index (κ1) is 16.8. The molecule has 0 saturated heterocycles. The highest BCUT2D eigenvalue weighted by Crippen LogP contribution is 2.44. The van der Waals surface area contributed by atoms with Gasteiger partial charge in [0.15, 0.2) is 0 Å². The Morgan fingerprint density at radius 2 is 1.29 bits per heavy atom.